The highest BCUT2D eigenvalue weighted by molar-refractivity contribution is 7.89. The molecule has 0 saturated carbocycles. The van der Waals surface area contributed by atoms with E-state index in [0.29, 0.717) is 0 Å². The van der Waals surface area contributed by atoms with E-state index >= 15 is 0 Å². The van der Waals surface area contributed by atoms with Gasteiger partial charge in [0.25, 0.3) is 0 Å². The quantitative estimate of drug-likeness (QED) is 0.636. The fourth-order valence-electron chi connectivity index (χ4n) is 2.53. The van der Waals surface area contributed by atoms with E-state index in [-0.39, 0.29) is 23.8 Å². The molecule has 3 aromatic rings. The molecule has 0 aliphatic rings. The van der Waals surface area contributed by atoms with Gasteiger partial charge in [0.2, 0.25) is 10.0 Å². The van der Waals surface area contributed by atoms with E-state index in [1.54, 1.807) is 12.1 Å². The Labute approximate surface area is 154 Å². The van der Waals surface area contributed by atoms with Gasteiger partial charge >= 0.3 is 6.18 Å². The Bertz CT molecular complexity index is 1050. The van der Waals surface area contributed by atoms with Crippen LogP contribution in [0.4, 0.5) is 13.2 Å². The van der Waals surface area contributed by atoms with Crippen LogP contribution in [-0.4, -0.2) is 21.6 Å². The average Bonchev–Trinajstić information content (AvgIpc) is 2.64. The van der Waals surface area contributed by atoms with Gasteiger partial charge in [0, 0.05) is 6.54 Å². The molecule has 142 valence electrons. The van der Waals surface area contributed by atoms with Crippen LogP contribution >= 0.6 is 0 Å². The number of rotatable bonds is 6. The van der Waals surface area contributed by atoms with Gasteiger partial charge in [0.15, 0.2) is 0 Å². The van der Waals surface area contributed by atoms with Crippen molar-refractivity contribution in [2.75, 3.05) is 13.2 Å². The summed E-state index contributed by atoms with van der Waals surface area (Å²) < 4.78 is 70.3. The second-order valence-electron chi connectivity index (χ2n) is 5.78. The maximum atomic E-state index is 12.7. The summed E-state index contributed by atoms with van der Waals surface area (Å²) in [4.78, 5) is 0.111. The molecule has 0 bridgehead atoms. The first-order valence-corrected chi connectivity index (χ1v) is 9.52. The Morgan fingerprint density at radius 2 is 1.63 bits per heavy atom. The zero-order valence-corrected chi connectivity index (χ0v) is 14.8. The number of fused-ring (bicyclic) bond motifs is 1. The molecular weight excluding hydrogens is 379 g/mol. The molecule has 3 rings (SSSR count). The molecule has 0 amide bonds. The third kappa shape index (κ3) is 4.78. The summed E-state index contributed by atoms with van der Waals surface area (Å²) in [7, 11) is -3.75. The van der Waals surface area contributed by atoms with Gasteiger partial charge in [-0.25, -0.2) is 13.1 Å². The van der Waals surface area contributed by atoms with Crippen molar-refractivity contribution in [1.82, 2.24) is 4.72 Å². The summed E-state index contributed by atoms with van der Waals surface area (Å²) in [5.74, 6) is 0.0229. The van der Waals surface area contributed by atoms with Gasteiger partial charge in [0.05, 0.1) is 10.5 Å². The number of halogens is 3. The maximum absolute atomic E-state index is 12.7. The Balaban J connectivity index is 1.61. The lowest BCUT2D eigenvalue weighted by Gasteiger charge is -2.11. The smallest absolute Gasteiger partial charge is 0.416 e. The molecule has 3 aromatic carbocycles. The molecule has 0 atom stereocenters. The number of hydrogen-bond acceptors (Lipinski definition) is 3. The van der Waals surface area contributed by atoms with E-state index in [2.05, 4.69) is 4.72 Å². The molecule has 0 aromatic heterocycles. The SMILES string of the molecule is O=S(=O)(NCCOc1cccc(C(F)(F)F)c1)c1ccc2ccccc2c1. The average molecular weight is 395 g/mol. The van der Waals surface area contributed by atoms with Crippen LogP contribution in [0.3, 0.4) is 0 Å². The molecule has 0 radical (unpaired) electrons. The number of sulfonamides is 1. The monoisotopic (exact) mass is 395 g/mol. The van der Waals surface area contributed by atoms with Gasteiger partial charge in [-0.05, 0) is 41.1 Å². The lowest BCUT2D eigenvalue weighted by molar-refractivity contribution is -0.137. The topological polar surface area (TPSA) is 55.4 Å². The van der Waals surface area contributed by atoms with Crippen molar-refractivity contribution in [3.05, 3.63) is 72.3 Å². The summed E-state index contributed by atoms with van der Waals surface area (Å²) in [5, 5.41) is 1.71. The predicted octanol–water partition coefficient (Wildman–Crippen LogP) is 4.22. The van der Waals surface area contributed by atoms with Gasteiger partial charge in [-0.2, -0.15) is 13.2 Å². The number of alkyl halides is 3. The van der Waals surface area contributed by atoms with Crippen LogP contribution in [0.2, 0.25) is 0 Å². The van der Waals surface area contributed by atoms with Crippen molar-refractivity contribution < 1.29 is 26.3 Å². The lowest BCUT2D eigenvalue weighted by atomic mass is 10.1. The summed E-state index contributed by atoms with van der Waals surface area (Å²) in [6.07, 6.45) is -4.46. The van der Waals surface area contributed by atoms with E-state index in [1.165, 1.54) is 18.2 Å². The summed E-state index contributed by atoms with van der Waals surface area (Å²) >= 11 is 0. The molecule has 0 saturated heterocycles. The van der Waals surface area contributed by atoms with Crippen LogP contribution in [-0.2, 0) is 16.2 Å². The molecule has 1 N–H and O–H groups in total. The number of hydrogen-bond donors (Lipinski definition) is 1. The van der Waals surface area contributed by atoms with Crippen LogP contribution in [0.25, 0.3) is 10.8 Å². The highest BCUT2D eigenvalue weighted by Crippen LogP contribution is 2.31. The van der Waals surface area contributed by atoms with Gasteiger partial charge in [0.1, 0.15) is 12.4 Å². The molecule has 0 aliphatic carbocycles. The van der Waals surface area contributed by atoms with E-state index < -0.39 is 21.8 Å². The highest BCUT2D eigenvalue weighted by Gasteiger charge is 2.30. The van der Waals surface area contributed by atoms with Gasteiger partial charge in [-0.3, -0.25) is 0 Å². The standard InChI is InChI=1S/C19H16F3NO3S/c20-19(21,22)16-6-3-7-17(13-16)26-11-10-23-27(24,25)18-9-8-14-4-1-2-5-15(14)12-18/h1-9,12-13,23H,10-11H2. The maximum Gasteiger partial charge on any atom is 0.416 e. The van der Waals surface area contributed by atoms with Crippen LogP contribution in [0, 0.1) is 0 Å². The van der Waals surface area contributed by atoms with Crippen molar-refractivity contribution in [1.29, 1.82) is 0 Å². The normalized spacial score (nSPS) is 12.3. The largest absolute Gasteiger partial charge is 0.492 e. The van der Waals surface area contributed by atoms with E-state index in [1.807, 2.05) is 24.3 Å². The molecule has 0 heterocycles. The Kier molecular flexibility index (Phi) is 5.38. The minimum absolute atomic E-state index is 0.0229. The first kappa shape index (κ1) is 19.2. The van der Waals surface area contributed by atoms with Crippen LogP contribution in [0.5, 0.6) is 5.75 Å². The minimum Gasteiger partial charge on any atom is -0.492 e. The molecule has 4 nitrogen and oxygen atoms in total. The molecule has 0 fully saturated rings. The first-order chi connectivity index (χ1) is 12.8. The van der Waals surface area contributed by atoms with E-state index in [9.17, 15) is 21.6 Å². The Morgan fingerprint density at radius 1 is 0.889 bits per heavy atom. The number of benzene rings is 3. The van der Waals surface area contributed by atoms with Gasteiger partial charge in [-0.15, -0.1) is 0 Å². The number of nitrogens with one attached hydrogen (secondary N) is 1. The zero-order chi connectivity index (χ0) is 19.5. The molecule has 0 unspecified atom stereocenters. The second kappa shape index (κ2) is 7.58. The molecule has 0 spiro atoms. The molecule has 8 heteroatoms. The van der Waals surface area contributed by atoms with Crippen molar-refractivity contribution in [2.24, 2.45) is 0 Å². The molecule has 0 aliphatic heterocycles. The van der Waals surface area contributed by atoms with Crippen LogP contribution in [0.1, 0.15) is 5.56 Å². The fourth-order valence-corrected chi connectivity index (χ4v) is 3.57. The van der Waals surface area contributed by atoms with Crippen LogP contribution in [0.15, 0.2) is 71.6 Å². The zero-order valence-electron chi connectivity index (χ0n) is 14.0. The number of ether oxygens (including phenoxy) is 1. The summed E-state index contributed by atoms with van der Waals surface area (Å²) in [6.45, 7) is -0.181. The van der Waals surface area contributed by atoms with Crippen LogP contribution < -0.4 is 9.46 Å². The fraction of sp³-hybridized carbons (Fsp3) is 0.158. The minimum atomic E-state index is -4.46. The van der Waals surface area contributed by atoms with Crippen molar-refractivity contribution in [3.8, 4) is 5.75 Å². The third-order valence-corrected chi connectivity index (χ3v) is 5.31. The van der Waals surface area contributed by atoms with E-state index in [0.717, 1.165) is 22.9 Å². The Morgan fingerprint density at radius 3 is 2.37 bits per heavy atom. The van der Waals surface area contributed by atoms with Crippen molar-refractivity contribution in [2.45, 2.75) is 11.1 Å². The van der Waals surface area contributed by atoms with Crippen molar-refractivity contribution >= 4 is 20.8 Å². The van der Waals surface area contributed by atoms with Gasteiger partial charge in [-0.1, -0.05) is 36.4 Å². The Hall–Kier alpha value is -2.58. The van der Waals surface area contributed by atoms with Crippen molar-refractivity contribution in [3.63, 3.8) is 0 Å². The summed E-state index contributed by atoms with van der Waals surface area (Å²) in [6, 6.07) is 16.6. The lowest BCUT2D eigenvalue weighted by Crippen LogP contribution is -2.28. The highest BCUT2D eigenvalue weighted by atomic mass is 32.2. The second-order valence-corrected chi connectivity index (χ2v) is 7.55. The molecule has 27 heavy (non-hydrogen) atoms. The first-order valence-electron chi connectivity index (χ1n) is 8.04. The predicted molar refractivity (Wildman–Crippen MR) is 96.1 cm³/mol. The third-order valence-electron chi connectivity index (χ3n) is 3.86. The summed E-state index contributed by atoms with van der Waals surface area (Å²) in [5.41, 5.74) is -0.822. The van der Waals surface area contributed by atoms with Gasteiger partial charge < -0.3 is 4.74 Å². The molecular formula is C19H16F3NO3S. The van der Waals surface area contributed by atoms with E-state index in [4.69, 9.17) is 4.74 Å².